The molecule has 0 aliphatic carbocycles. The lowest BCUT2D eigenvalue weighted by atomic mass is 10.1. The molecule has 152 valence electrons. The van der Waals surface area contributed by atoms with Crippen LogP contribution in [0, 0.1) is 10.1 Å². The molecule has 2 aliphatic rings. The van der Waals surface area contributed by atoms with Crippen molar-refractivity contribution in [2.45, 2.75) is 17.8 Å². The maximum atomic E-state index is 12.2. The molecular weight excluding hydrogens is 414 g/mol. The number of fused-ring (bicyclic) bond motifs is 1. The summed E-state index contributed by atoms with van der Waals surface area (Å²) in [5.74, 6) is 1.32. The molecule has 2 aliphatic heterocycles. The Labute approximate surface area is 172 Å². The molecule has 0 radical (unpaired) electrons. The molecule has 2 unspecified atom stereocenters. The van der Waals surface area contributed by atoms with E-state index in [1.165, 1.54) is 23.9 Å². The van der Waals surface area contributed by atoms with Crippen molar-refractivity contribution in [2.75, 3.05) is 23.5 Å². The van der Waals surface area contributed by atoms with Gasteiger partial charge in [-0.3, -0.25) is 15.1 Å². The highest BCUT2D eigenvalue weighted by Gasteiger charge is 2.47. The quantitative estimate of drug-likeness (QED) is 0.528. The average Bonchev–Trinajstić information content (AvgIpc) is 3.17. The van der Waals surface area contributed by atoms with Crippen LogP contribution in [0.3, 0.4) is 0 Å². The number of sulfone groups is 1. The van der Waals surface area contributed by atoms with Crippen LogP contribution < -0.4 is 9.64 Å². The molecule has 0 saturated carbocycles. The summed E-state index contributed by atoms with van der Waals surface area (Å²) in [6, 6.07) is 13.3. The fraction of sp³-hybridized carbons (Fsp3) is 0.316. The Balaban J connectivity index is 1.61. The number of amidine groups is 1. The summed E-state index contributed by atoms with van der Waals surface area (Å²) in [7, 11) is -1.55. The molecule has 29 heavy (non-hydrogen) atoms. The largest absolute Gasteiger partial charge is 0.495 e. The zero-order chi connectivity index (χ0) is 20.6. The number of nitrogens with zero attached hydrogens (tertiary/aromatic N) is 3. The van der Waals surface area contributed by atoms with E-state index in [1.807, 2.05) is 29.2 Å². The Kier molecular flexibility index (Phi) is 5.22. The second-order valence-electron chi connectivity index (χ2n) is 6.88. The number of anilines is 1. The van der Waals surface area contributed by atoms with Gasteiger partial charge >= 0.3 is 0 Å². The summed E-state index contributed by atoms with van der Waals surface area (Å²) in [5, 5.41) is 11.6. The van der Waals surface area contributed by atoms with Gasteiger partial charge in [0.15, 0.2) is 15.0 Å². The van der Waals surface area contributed by atoms with E-state index in [-0.39, 0.29) is 29.3 Å². The Hall–Kier alpha value is -2.59. The second kappa shape index (κ2) is 7.68. The van der Waals surface area contributed by atoms with E-state index in [0.29, 0.717) is 11.5 Å². The predicted molar refractivity (Wildman–Crippen MR) is 114 cm³/mol. The molecule has 0 spiro atoms. The van der Waals surface area contributed by atoms with E-state index >= 15 is 0 Å². The minimum Gasteiger partial charge on any atom is -0.495 e. The first-order chi connectivity index (χ1) is 13.9. The standard InChI is InChI=1S/C19H19N3O5S2/c1-27-18-5-3-2-4-16(18)21-17-12-29(25,26)11-15(17)20-19(21)28-10-13-6-8-14(9-7-13)22(23)24/h2-9,15,17H,10-12H2,1H3. The number of thioether (sulfide) groups is 1. The van der Waals surface area contributed by atoms with Crippen LogP contribution in [0.15, 0.2) is 53.5 Å². The SMILES string of the molecule is COc1ccccc1N1C(SCc2ccc([N+](=O)[O-])cc2)=NC2CS(=O)(=O)CC21. The van der Waals surface area contributed by atoms with Crippen molar-refractivity contribution in [1.82, 2.24) is 0 Å². The molecule has 1 saturated heterocycles. The molecule has 2 aromatic rings. The number of aliphatic imine (C=N–C) groups is 1. The van der Waals surface area contributed by atoms with Crippen LogP contribution in [0.5, 0.6) is 5.75 Å². The van der Waals surface area contributed by atoms with E-state index in [1.54, 1.807) is 19.2 Å². The number of nitro benzene ring substituents is 1. The third-order valence-electron chi connectivity index (χ3n) is 4.97. The number of rotatable bonds is 5. The normalized spacial score (nSPS) is 22.2. The van der Waals surface area contributed by atoms with Crippen molar-refractivity contribution in [3.63, 3.8) is 0 Å². The molecule has 2 aromatic carbocycles. The van der Waals surface area contributed by atoms with Gasteiger partial charge in [0, 0.05) is 17.9 Å². The van der Waals surface area contributed by atoms with Crippen molar-refractivity contribution in [1.29, 1.82) is 0 Å². The Bertz CT molecular complexity index is 1070. The van der Waals surface area contributed by atoms with Crippen molar-refractivity contribution in [3.8, 4) is 5.75 Å². The molecule has 0 aromatic heterocycles. The highest BCUT2D eigenvalue weighted by Crippen LogP contribution is 2.39. The van der Waals surface area contributed by atoms with E-state index in [4.69, 9.17) is 9.73 Å². The zero-order valence-electron chi connectivity index (χ0n) is 15.6. The van der Waals surface area contributed by atoms with Crippen LogP contribution in [-0.2, 0) is 15.6 Å². The number of hydrogen-bond acceptors (Lipinski definition) is 8. The van der Waals surface area contributed by atoms with Crippen molar-refractivity contribution >= 4 is 38.1 Å². The topological polar surface area (TPSA) is 102 Å². The third-order valence-corrected chi connectivity index (χ3v) is 7.70. The first kappa shape index (κ1) is 19.7. The van der Waals surface area contributed by atoms with Gasteiger partial charge in [-0.05, 0) is 17.7 Å². The Morgan fingerprint density at radius 3 is 2.62 bits per heavy atom. The lowest BCUT2D eigenvalue weighted by molar-refractivity contribution is -0.384. The maximum absolute atomic E-state index is 12.2. The lowest BCUT2D eigenvalue weighted by Gasteiger charge is -2.27. The van der Waals surface area contributed by atoms with Crippen molar-refractivity contribution in [2.24, 2.45) is 4.99 Å². The number of non-ortho nitro benzene ring substituents is 1. The minimum atomic E-state index is -3.13. The summed E-state index contributed by atoms with van der Waals surface area (Å²) in [6.45, 7) is 0. The summed E-state index contributed by atoms with van der Waals surface area (Å²) < 4.78 is 29.8. The van der Waals surface area contributed by atoms with Gasteiger partial charge in [0.05, 0.1) is 41.3 Å². The van der Waals surface area contributed by atoms with E-state index in [2.05, 4.69) is 0 Å². The first-order valence-electron chi connectivity index (χ1n) is 8.94. The fourth-order valence-corrected chi connectivity index (χ4v) is 6.52. The molecule has 1 fully saturated rings. The van der Waals surface area contributed by atoms with Gasteiger partial charge in [-0.2, -0.15) is 0 Å². The number of ether oxygens (including phenoxy) is 1. The monoisotopic (exact) mass is 433 g/mol. The summed E-state index contributed by atoms with van der Waals surface area (Å²) in [5.41, 5.74) is 1.76. The van der Waals surface area contributed by atoms with Crippen molar-refractivity contribution in [3.05, 3.63) is 64.2 Å². The van der Waals surface area contributed by atoms with Gasteiger partial charge in [-0.1, -0.05) is 36.0 Å². The number of methoxy groups -OCH3 is 1. The molecule has 10 heteroatoms. The summed E-state index contributed by atoms with van der Waals surface area (Å²) in [4.78, 5) is 17.1. The number of benzene rings is 2. The van der Waals surface area contributed by atoms with Crippen LogP contribution >= 0.6 is 11.8 Å². The summed E-state index contributed by atoms with van der Waals surface area (Å²) >= 11 is 1.49. The van der Waals surface area contributed by atoms with Gasteiger partial charge in [0.1, 0.15) is 5.75 Å². The second-order valence-corrected chi connectivity index (χ2v) is 9.97. The molecular formula is C19H19N3O5S2. The maximum Gasteiger partial charge on any atom is 0.269 e. The predicted octanol–water partition coefficient (Wildman–Crippen LogP) is 2.88. The Morgan fingerprint density at radius 2 is 1.93 bits per heavy atom. The van der Waals surface area contributed by atoms with Crippen LogP contribution in [0.4, 0.5) is 11.4 Å². The zero-order valence-corrected chi connectivity index (χ0v) is 17.2. The molecule has 0 bridgehead atoms. The molecule has 4 rings (SSSR count). The minimum absolute atomic E-state index is 0.0465. The smallest absolute Gasteiger partial charge is 0.269 e. The first-order valence-corrected chi connectivity index (χ1v) is 11.8. The van der Waals surface area contributed by atoms with Crippen LogP contribution in [0.2, 0.25) is 0 Å². The van der Waals surface area contributed by atoms with Crippen molar-refractivity contribution < 1.29 is 18.1 Å². The molecule has 2 heterocycles. The number of para-hydroxylation sites is 2. The van der Waals surface area contributed by atoms with Gasteiger partial charge in [-0.25, -0.2) is 8.42 Å². The average molecular weight is 434 g/mol. The molecule has 8 nitrogen and oxygen atoms in total. The Morgan fingerprint density at radius 1 is 1.21 bits per heavy atom. The highest BCUT2D eigenvalue weighted by atomic mass is 32.2. The van der Waals surface area contributed by atoms with Gasteiger partial charge < -0.3 is 9.64 Å². The van der Waals surface area contributed by atoms with E-state index < -0.39 is 14.8 Å². The third kappa shape index (κ3) is 3.95. The van der Waals surface area contributed by atoms with E-state index in [9.17, 15) is 18.5 Å². The van der Waals surface area contributed by atoms with Gasteiger partial charge in [0.25, 0.3) is 5.69 Å². The number of nitro groups is 1. The van der Waals surface area contributed by atoms with Crippen LogP contribution in [0.1, 0.15) is 5.56 Å². The fourth-order valence-electron chi connectivity index (χ4n) is 3.61. The molecule has 2 atom stereocenters. The van der Waals surface area contributed by atoms with Gasteiger partial charge in [-0.15, -0.1) is 0 Å². The molecule has 0 amide bonds. The number of hydrogen-bond donors (Lipinski definition) is 0. The highest BCUT2D eigenvalue weighted by molar-refractivity contribution is 8.13. The lowest BCUT2D eigenvalue weighted by Crippen LogP contribution is -2.39. The van der Waals surface area contributed by atoms with Crippen LogP contribution in [0.25, 0.3) is 0 Å². The molecule has 0 N–H and O–H groups in total. The summed E-state index contributed by atoms with van der Waals surface area (Å²) in [6.07, 6.45) is 0. The van der Waals surface area contributed by atoms with E-state index in [0.717, 1.165) is 16.4 Å². The van der Waals surface area contributed by atoms with Crippen LogP contribution in [-0.4, -0.2) is 49.2 Å². The van der Waals surface area contributed by atoms with Gasteiger partial charge in [0.2, 0.25) is 0 Å².